The lowest BCUT2D eigenvalue weighted by Gasteiger charge is -2.20. The Labute approximate surface area is 204 Å². The van der Waals surface area contributed by atoms with E-state index in [2.05, 4.69) is 62.3 Å². The Morgan fingerprint density at radius 1 is 1.03 bits per heavy atom. The van der Waals surface area contributed by atoms with Gasteiger partial charge in [0.2, 0.25) is 5.91 Å². The van der Waals surface area contributed by atoms with Crippen molar-refractivity contribution in [3.8, 4) is 11.1 Å². The first kappa shape index (κ1) is 23.9. The Morgan fingerprint density at radius 2 is 1.74 bits per heavy atom. The molecule has 0 radical (unpaired) electrons. The number of nitrogens with one attached hydrogen (secondary N) is 1. The number of nitrogens with zero attached hydrogens (tertiary/aromatic N) is 2. The minimum atomic E-state index is -0.652. The summed E-state index contributed by atoms with van der Waals surface area (Å²) in [6.45, 7) is 10.4. The van der Waals surface area contributed by atoms with E-state index in [4.69, 9.17) is 0 Å². The molecular formula is C28H31N3O2S. The topological polar surface area (TPSA) is 64.0 Å². The van der Waals surface area contributed by atoms with Gasteiger partial charge in [-0.05, 0) is 41.0 Å². The molecule has 5 nitrogen and oxygen atoms in total. The monoisotopic (exact) mass is 473 g/mol. The molecule has 0 aliphatic carbocycles. The second kappa shape index (κ2) is 9.94. The summed E-state index contributed by atoms with van der Waals surface area (Å²) >= 11 is 1.45. The number of hydrogen-bond donors (Lipinski definition) is 1. The number of amides is 1. The van der Waals surface area contributed by atoms with Gasteiger partial charge in [0.05, 0.1) is 11.7 Å². The fraction of sp³-hybridized carbons (Fsp3) is 0.321. The van der Waals surface area contributed by atoms with Crippen molar-refractivity contribution in [3.63, 3.8) is 0 Å². The lowest BCUT2D eigenvalue weighted by molar-refractivity contribution is -0.119. The second-order valence-corrected chi connectivity index (χ2v) is 10.1. The summed E-state index contributed by atoms with van der Waals surface area (Å²) in [7, 11) is 0. The van der Waals surface area contributed by atoms with E-state index in [1.165, 1.54) is 27.8 Å². The fourth-order valence-corrected chi connectivity index (χ4v) is 5.17. The van der Waals surface area contributed by atoms with E-state index in [0.717, 1.165) is 22.4 Å². The molecule has 0 aliphatic heterocycles. The summed E-state index contributed by atoms with van der Waals surface area (Å²) < 4.78 is 1.48. The van der Waals surface area contributed by atoms with Crippen molar-refractivity contribution in [1.29, 1.82) is 0 Å². The van der Waals surface area contributed by atoms with E-state index in [0.29, 0.717) is 22.6 Å². The second-order valence-electron chi connectivity index (χ2n) is 9.22. The third-order valence-corrected chi connectivity index (χ3v) is 7.16. The number of anilines is 1. The third-order valence-electron chi connectivity index (χ3n) is 6.27. The van der Waals surface area contributed by atoms with E-state index < -0.39 is 6.04 Å². The van der Waals surface area contributed by atoms with Crippen LogP contribution >= 0.6 is 11.3 Å². The smallest absolute Gasteiger partial charge is 0.263 e. The number of fused-ring (bicyclic) bond motifs is 1. The van der Waals surface area contributed by atoms with Crippen molar-refractivity contribution in [2.24, 2.45) is 0 Å². The van der Waals surface area contributed by atoms with Crippen LogP contribution in [0.1, 0.15) is 70.0 Å². The molecular weight excluding hydrogens is 442 g/mol. The van der Waals surface area contributed by atoms with Crippen LogP contribution in [0.4, 0.5) is 5.69 Å². The molecule has 6 heteroatoms. The van der Waals surface area contributed by atoms with Crippen LogP contribution in [0.5, 0.6) is 0 Å². The van der Waals surface area contributed by atoms with Crippen molar-refractivity contribution in [2.75, 3.05) is 5.32 Å². The first-order valence-electron chi connectivity index (χ1n) is 11.8. The van der Waals surface area contributed by atoms with Crippen molar-refractivity contribution in [1.82, 2.24) is 9.55 Å². The van der Waals surface area contributed by atoms with E-state index in [1.807, 2.05) is 36.6 Å². The predicted octanol–water partition coefficient (Wildman–Crippen LogP) is 6.96. The number of benzene rings is 2. The van der Waals surface area contributed by atoms with Crippen LogP contribution in [0, 0.1) is 0 Å². The predicted molar refractivity (Wildman–Crippen MR) is 142 cm³/mol. The van der Waals surface area contributed by atoms with E-state index in [-0.39, 0.29) is 17.4 Å². The van der Waals surface area contributed by atoms with Crippen LogP contribution in [0.15, 0.2) is 65.0 Å². The summed E-state index contributed by atoms with van der Waals surface area (Å²) in [4.78, 5) is 32.2. The highest BCUT2D eigenvalue weighted by atomic mass is 32.1. The minimum Gasteiger partial charge on any atom is -0.324 e. The molecule has 0 spiro atoms. The highest BCUT2D eigenvalue weighted by Gasteiger charge is 2.23. The van der Waals surface area contributed by atoms with E-state index in [9.17, 15) is 9.59 Å². The number of carbonyl (C=O) groups is 1. The zero-order chi connectivity index (χ0) is 24.4. The van der Waals surface area contributed by atoms with Crippen LogP contribution in [-0.4, -0.2) is 15.5 Å². The van der Waals surface area contributed by atoms with Crippen LogP contribution in [0.25, 0.3) is 21.3 Å². The molecule has 1 unspecified atom stereocenters. The molecule has 2 aromatic carbocycles. The molecule has 2 heterocycles. The molecule has 176 valence electrons. The molecule has 4 aromatic rings. The summed E-state index contributed by atoms with van der Waals surface area (Å²) in [6, 6.07) is 15.5. The van der Waals surface area contributed by atoms with Gasteiger partial charge in [-0.3, -0.25) is 14.2 Å². The number of aromatic nitrogens is 2. The van der Waals surface area contributed by atoms with Crippen LogP contribution in [0.3, 0.4) is 0 Å². The first-order chi connectivity index (χ1) is 16.3. The Bertz CT molecular complexity index is 1370. The normalized spacial score (nSPS) is 12.4. The van der Waals surface area contributed by atoms with Crippen molar-refractivity contribution < 1.29 is 4.79 Å². The molecule has 34 heavy (non-hydrogen) atoms. The van der Waals surface area contributed by atoms with Gasteiger partial charge in [0.25, 0.3) is 5.56 Å². The van der Waals surface area contributed by atoms with Gasteiger partial charge in [-0.2, -0.15) is 0 Å². The highest BCUT2D eigenvalue weighted by molar-refractivity contribution is 7.17. The van der Waals surface area contributed by atoms with Crippen molar-refractivity contribution in [3.05, 3.63) is 81.7 Å². The van der Waals surface area contributed by atoms with Crippen molar-refractivity contribution in [2.45, 2.75) is 58.9 Å². The van der Waals surface area contributed by atoms with Gasteiger partial charge in [-0.15, -0.1) is 11.3 Å². The molecule has 1 N–H and O–H groups in total. The molecule has 0 fully saturated rings. The standard InChI is InChI=1S/C28H31N3O2S/c1-6-24(26(32)30-23-10-8-7-9-21(23)18(4)5)31-16-29-27-25(28(31)33)22(15-34-27)20-13-11-19(12-14-20)17(2)3/h7-18,24H,6H2,1-5H3,(H,30,32). The van der Waals surface area contributed by atoms with Crippen LogP contribution < -0.4 is 10.9 Å². The number of thiophene rings is 1. The maximum absolute atomic E-state index is 13.6. The lowest BCUT2D eigenvalue weighted by atomic mass is 9.99. The number of para-hydroxylation sites is 1. The minimum absolute atomic E-state index is 0.187. The van der Waals surface area contributed by atoms with Gasteiger partial charge in [-0.25, -0.2) is 4.98 Å². The van der Waals surface area contributed by atoms with Crippen LogP contribution in [-0.2, 0) is 4.79 Å². The van der Waals surface area contributed by atoms with E-state index >= 15 is 0 Å². The SMILES string of the molecule is CCC(C(=O)Nc1ccccc1C(C)C)n1cnc2scc(-c3ccc(C(C)C)cc3)c2c1=O. The van der Waals surface area contributed by atoms with Gasteiger partial charge >= 0.3 is 0 Å². The summed E-state index contributed by atoms with van der Waals surface area (Å²) in [5.74, 6) is 0.501. The Balaban J connectivity index is 1.72. The molecule has 2 aromatic heterocycles. The Kier molecular flexibility index (Phi) is 6.98. The van der Waals surface area contributed by atoms with Crippen molar-refractivity contribution >= 4 is 33.1 Å². The maximum Gasteiger partial charge on any atom is 0.263 e. The van der Waals surface area contributed by atoms with Crippen LogP contribution in [0.2, 0.25) is 0 Å². The molecule has 0 saturated carbocycles. The fourth-order valence-electron chi connectivity index (χ4n) is 4.27. The van der Waals surface area contributed by atoms with Gasteiger partial charge < -0.3 is 5.32 Å². The highest BCUT2D eigenvalue weighted by Crippen LogP contribution is 2.32. The molecule has 1 amide bonds. The third kappa shape index (κ3) is 4.55. The maximum atomic E-state index is 13.6. The summed E-state index contributed by atoms with van der Waals surface area (Å²) in [6.07, 6.45) is 1.99. The Morgan fingerprint density at radius 3 is 2.38 bits per heavy atom. The zero-order valence-electron chi connectivity index (χ0n) is 20.3. The average Bonchev–Trinajstić information content (AvgIpc) is 3.26. The zero-order valence-corrected chi connectivity index (χ0v) is 21.1. The first-order valence-corrected chi connectivity index (χ1v) is 12.7. The largest absolute Gasteiger partial charge is 0.324 e. The lowest BCUT2D eigenvalue weighted by Crippen LogP contribution is -2.33. The number of hydrogen-bond acceptors (Lipinski definition) is 4. The molecule has 0 bridgehead atoms. The number of carbonyl (C=O) groups excluding carboxylic acids is 1. The molecule has 1 atom stereocenters. The molecule has 0 saturated heterocycles. The summed E-state index contributed by atoms with van der Waals surface area (Å²) in [5, 5.41) is 5.60. The molecule has 4 rings (SSSR count). The summed E-state index contributed by atoms with van der Waals surface area (Å²) in [5.41, 5.74) is 4.76. The van der Waals surface area contributed by atoms with E-state index in [1.54, 1.807) is 0 Å². The molecule has 0 aliphatic rings. The Hall–Kier alpha value is -3.25. The van der Waals surface area contributed by atoms with Gasteiger partial charge in [-0.1, -0.05) is 77.1 Å². The van der Waals surface area contributed by atoms with Gasteiger partial charge in [0.1, 0.15) is 10.9 Å². The average molecular weight is 474 g/mol. The quantitative estimate of drug-likeness (QED) is 0.315. The van der Waals surface area contributed by atoms with Gasteiger partial charge in [0, 0.05) is 16.6 Å². The number of rotatable bonds is 7. The van der Waals surface area contributed by atoms with Gasteiger partial charge in [0.15, 0.2) is 0 Å².